The van der Waals surface area contributed by atoms with Crippen LogP contribution in [0.25, 0.3) is 0 Å². The lowest BCUT2D eigenvalue weighted by molar-refractivity contribution is -0.137. The van der Waals surface area contributed by atoms with E-state index >= 15 is 0 Å². The van der Waals surface area contributed by atoms with Crippen molar-refractivity contribution in [2.75, 3.05) is 33.2 Å². The van der Waals surface area contributed by atoms with Crippen LogP contribution in [-0.2, 0) is 9.59 Å². The molecule has 2 heterocycles. The zero-order chi connectivity index (χ0) is 13.1. The molecule has 2 atom stereocenters. The van der Waals surface area contributed by atoms with Crippen LogP contribution in [0.5, 0.6) is 0 Å². The topological polar surface area (TPSA) is 60.9 Å². The third-order valence-electron chi connectivity index (χ3n) is 4.10. The van der Waals surface area contributed by atoms with E-state index in [9.17, 15) is 9.59 Å². The molecule has 0 aromatic rings. The molecule has 18 heavy (non-hydrogen) atoms. The molecular formula is C13H22N2O3. The number of carbonyl (C=O) groups excluding carboxylic acids is 1. The highest BCUT2D eigenvalue weighted by molar-refractivity contribution is 5.79. The highest BCUT2D eigenvalue weighted by atomic mass is 16.4. The van der Waals surface area contributed by atoms with Crippen molar-refractivity contribution in [2.45, 2.75) is 25.7 Å². The Labute approximate surface area is 108 Å². The Bertz CT molecular complexity index is 332. The summed E-state index contributed by atoms with van der Waals surface area (Å²) >= 11 is 0. The van der Waals surface area contributed by atoms with E-state index in [4.69, 9.17) is 5.11 Å². The van der Waals surface area contributed by atoms with Gasteiger partial charge in [-0.2, -0.15) is 0 Å². The van der Waals surface area contributed by atoms with Gasteiger partial charge < -0.3 is 14.9 Å². The van der Waals surface area contributed by atoms with Crippen molar-refractivity contribution >= 4 is 11.9 Å². The Hall–Kier alpha value is -1.10. The maximum atomic E-state index is 12.3. The summed E-state index contributed by atoms with van der Waals surface area (Å²) in [6.45, 7) is 3.44. The molecule has 5 heteroatoms. The van der Waals surface area contributed by atoms with E-state index in [1.54, 1.807) is 0 Å². The van der Waals surface area contributed by atoms with Crippen LogP contribution in [0.15, 0.2) is 0 Å². The van der Waals surface area contributed by atoms with Crippen molar-refractivity contribution in [1.29, 1.82) is 0 Å². The number of nitrogens with zero attached hydrogens (tertiary/aromatic N) is 2. The predicted molar refractivity (Wildman–Crippen MR) is 67.2 cm³/mol. The van der Waals surface area contributed by atoms with Crippen LogP contribution in [0.3, 0.4) is 0 Å². The number of rotatable bonds is 4. The average Bonchev–Trinajstić information content (AvgIpc) is 2.94. The molecule has 2 aliphatic heterocycles. The first kappa shape index (κ1) is 13.3. The highest BCUT2D eigenvalue weighted by Crippen LogP contribution is 2.25. The van der Waals surface area contributed by atoms with Crippen molar-refractivity contribution in [1.82, 2.24) is 9.80 Å². The number of hydrogen-bond acceptors (Lipinski definition) is 3. The molecule has 102 valence electrons. The second-order valence-corrected chi connectivity index (χ2v) is 5.62. The molecule has 0 radical (unpaired) electrons. The normalized spacial score (nSPS) is 28.8. The number of aliphatic carboxylic acids is 1. The van der Waals surface area contributed by atoms with Gasteiger partial charge in [-0.25, -0.2) is 0 Å². The molecule has 0 aromatic heterocycles. The number of carboxylic acids is 1. The average molecular weight is 254 g/mol. The highest BCUT2D eigenvalue weighted by Gasteiger charge is 2.33. The number of hydrogen-bond donors (Lipinski definition) is 1. The van der Waals surface area contributed by atoms with Gasteiger partial charge in [-0.15, -0.1) is 0 Å². The lowest BCUT2D eigenvalue weighted by atomic mass is 10.0. The first-order chi connectivity index (χ1) is 8.56. The van der Waals surface area contributed by atoms with Crippen molar-refractivity contribution < 1.29 is 14.7 Å². The van der Waals surface area contributed by atoms with Gasteiger partial charge in [0.2, 0.25) is 5.91 Å². The molecule has 0 spiro atoms. The van der Waals surface area contributed by atoms with Crippen LogP contribution >= 0.6 is 0 Å². The van der Waals surface area contributed by atoms with E-state index in [-0.39, 0.29) is 18.2 Å². The molecule has 2 saturated heterocycles. The van der Waals surface area contributed by atoms with Gasteiger partial charge in [0.1, 0.15) is 0 Å². The van der Waals surface area contributed by atoms with E-state index in [2.05, 4.69) is 4.90 Å². The van der Waals surface area contributed by atoms with Gasteiger partial charge in [0.25, 0.3) is 0 Å². The smallest absolute Gasteiger partial charge is 0.303 e. The summed E-state index contributed by atoms with van der Waals surface area (Å²) in [7, 11) is 2.05. The van der Waals surface area contributed by atoms with Crippen LogP contribution in [0.2, 0.25) is 0 Å². The maximum absolute atomic E-state index is 12.3. The monoisotopic (exact) mass is 254 g/mol. The fourth-order valence-electron chi connectivity index (χ4n) is 2.99. The Morgan fingerprint density at radius 1 is 1.22 bits per heavy atom. The molecule has 1 amide bonds. The summed E-state index contributed by atoms with van der Waals surface area (Å²) in [5.41, 5.74) is 0. The minimum Gasteiger partial charge on any atom is -0.481 e. The van der Waals surface area contributed by atoms with Gasteiger partial charge in [0.05, 0.1) is 5.92 Å². The second kappa shape index (κ2) is 5.69. The van der Waals surface area contributed by atoms with Gasteiger partial charge in [-0.1, -0.05) is 0 Å². The summed E-state index contributed by atoms with van der Waals surface area (Å²) in [5.74, 6) is 0.0757. The Morgan fingerprint density at radius 2 is 2.00 bits per heavy atom. The van der Waals surface area contributed by atoms with E-state index < -0.39 is 5.97 Å². The van der Waals surface area contributed by atoms with Gasteiger partial charge >= 0.3 is 5.97 Å². The molecular weight excluding hydrogens is 232 g/mol. The van der Waals surface area contributed by atoms with E-state index in [1.165, 1.54) is 0 Å². The number of carboxylic acid groups (broad SMARTS) is 1. The molecule has 0 aliphatic carbocycles. The third kappa shape index (κ3) is 3.22. The van der Waals surface area contributed by atoms with Crippen LogP contribution in [0.1, 0.15) is 25.7 Å². The fourth-order valence-corrected chi connectivity index (χ4v) is 2.99. The minimum atomic E-state index is -0.739. The molecule has 2 fully saturated rings. The molecule has 5 nitrogen and oxygen atoms in total. The zero-order valence-corrected chi connectivity index (χ0v) is 11.0. The SMILES string of the molecule is CN1CCC(C(=O)N2CCC(CCC(=O)O)C2)C1. The molecule has 0 aromatic carbocycles. The summed E-state index contributed by atoms with van der Waals surface area (Å²) < 4.78 is 0. The number of likely N-dealkylation sites (tertiary alicyclic amines) is 2. The largest absolute Gasteiger partial charge is 0.481 e. The first-order valence-corrected chi connectivity index (χ1v) is 6.75. The van der Waals surface area contributed by atoms with E-state index in [1.807, 2.05) is 11.9 Å². The first-order valence-electron chi connectivity index (χ1n) is 6.75. The van der Waals surface area contributed by atoms with Crippen LogP contribution in [0.4, 0.5) is 0 Å². The van der Waals surface area contributed by atoms with Crippen LogP contribution in [0, 0.1) is 11.8 Å². The molecule has 2 aliphatic rings. The molecule has 0 bridgehead atoms. The summed E-state index contributed by atoms with van der Waals surface area (Å²) in [6.07, 6.45) is 2.84. The lowest BCUT2D eigenvalue weighted by Crippen LogP contribution is -2.35. The van der Waals surface area contributed by atoms with Crippen LogP contribution in [-0.4, -0.2) is 60.0 Å². The third-order valence-corrected chi connectivity index (χ3v) is 4.10. The Morgan fingerprint density at radius 3 is 2.61 bits per heavy atom. The number of amides is 1. The predicted octanol–water partition coefficient (Wildman–Crippen LogP) is 0.651. The standard InChI is InChI=1S/C13H22N2O3/c1-14-6-5-11(9-14)13(18)15-7-4-10(8-15)2-3-12(16)17/h10-11H,2-9H2,1H3,(H,16,17). The van der Waals surface area contributed by atoms with Crippen LogP contribution < -0.4 is 0 Å². The van der Waals surface area contributed by atoms with Crippen molar-refractivity contribution in [3.8, 4) is 0 Å². The summed E-state index contributed by atoms with van der Waals surface area (Å²) in [4.78, 5) is 26.9. The molecule has 2 rings (SSSR count). The van der Waals surface area contributed by atoms with Crippen molar-refractivity contribution in [2.24, 2.45) is 11.8 Å². The zero-order valence-electron chi connectivity index (χ0n) is 11.0. The van der Waals surface area contributed by atoms with E-state index in [0.29, 0.717) is 12.3 Å². The van der Waals surface area contributed by atoms with Gasteiger partial charge in [-0.3, -0.25) is 9.59 Å². The fraction of sp³-hybridized carbons (Fsp3) is 0.846. The van der Waals surface area contributed by atoms with Gasteiger partial charge in [0.15, 0.2) is 0 Å². The second-order valence-electron chi connectivity index (χ2n) is 5.62. The molecule has 2 unspecified atom stereocenters. The summed E-state index contributed by atoms with van der Waals surface area (Å²) in [6, 6.07) is 0. The Balaban J connectivity index is 1.77. The summed E-state index contributed by atoms with van der Waals surface area (Å²) in [5, 5.41) is 8.66. The van der Waals surface area contributed by atoms with Gasteiger partial charge in [-0.05, 0) is 38.8 Å². The molecule has 0 saturated carbocycles. The lowest BCUT2D eigenvalue weighted by Gasteiger charge is -2.20. The van der Waals surface area contributed by atoms with E-state index in [0.717, 1.165) is 39.0 Å². The number of carbonyl (C=O) groups is 2. The van der Waals surface area contributed by atoms with Crippen molar-refractivity contribution in [3.05, 3.63) is 0 Å². The minimum absolute atomic E-state index is 0.160. The maximum Gasteiger partial charge on any atom is 0.303 e. The molecule has 1 N–H and O–H groups in total. The van der Waals surface area contributed by atoms with Crippen molar-refractivity contribution in [3.63, 3.8) is 0 Å². The Kier molecular flexibility index (Phi) is 4.22. The quantitative estimate of drug-likeness (QED) is 0.800. The van der Waals surface area contributed by atoms with Gasteiger partial charge in [0, 0.05) is 26.1 Å².